The van der Waals surface area contributed by atoms with Crippen LogP contribution in [0, 0.1) is 6.92 Å². The molecule has 3 heterocycles. The Balaban J connectivity index is 1.49. The van der Waals surface area contributed by atoms with Crippen molar-refractivity contribution in [1.29, 1.82) is 0 Å². The number of nitrogens with zero attached hydrogens (tertiary/aromatic N) is 5. The van der Waals surface area contributed by atoms with Crippen LogP contribution < -0.4 is 4.90 Å². The second-order valence-electron chi connectivity index (χ2n) is 9.00. The predicted molar refractivity (Wildman–Crippen MR) is 110 cm³/mol. The first-order valence-corrected chi connectivity index (χ1v) is 10.2. The molecule has 0 bridgehead atoms. The molecule has 2 aliphatic heterocycles. The maximum atomic E-state index is 12.8. The van der Waals surface area contributed by atoms with Crippen molar-refractivity contribution in [1.82, 2.24) is 19.7 Å². The van der Waals surface area contributed by atoms with Gasteiger partial charge in [0.2, 0.25) is 5.91 Å². The number of rotatable bonds is 3. The number of aromatic nitrogens is 1. The fourth-order valence-electron chi connectivity index (χ4n) is 3.99. The van der Waals surface area contributed by atoms with Gasteiger partial charge >= 0.3 is 0 Å². The van der Waals surface area contributed by atoms with Crippen molar-refractivity contribution in [3.05, 3.63) is 23.9 Å². The van der Waals surface area contributed by atoms with Crippen molar-refractivity contribution >= 4 is 11.7 Å². The third-order valence-electron chi connectivity index (χ3n) is 5.90. The highest BCUT2D eigenvalue weighted by atomic mass is 16.2. The largest absolute Gasteiger partial charge is 0.354 e. The number of amides is 1. The van der Waals surface area contributed by atoms with Crippen molar-refractivity contribution in [2.75, 3.05) is 57.3 Å². The van der Waals surface area contributed by atoms with Crippen LogP contribution in [0.15, 0.2) is 18.3 Å². The monoisotopic (exact) mass is 373 g/mol. The first-order chi connectivity index (χ1) is 12.7. The van der Waals surface area contributed by atoms with Crippen molar-refractivity contribution < 1.29 is 4.79 Å². The molecule has 6 nitrogen and oxygen atoms in total. The molecule has 0 radical (unpaired) electrons. The van der Waals surface area contributed by atoms with E-state index in [0.29, 0.717) is 12.6 Å². The second-order valence-corrected chi connectivity index (χ2v) is 9.00. The Hall–Kier alpha value is -1.66. The highest BCUT2D eigenvalue weighted by Gasteiger charge is 2.30. The Kier molecular flexibility index (Phi) is 6.06. The van der Waals surface area contributed by atoms with E-state index in [0.717, 1.165) is 51.6 Å². The number of hydrogen-bond donors (Lipinski definition) is 0. The summed E-state index contributed by atoms with van der Waals surface area (Å²) in [5.74, 6) is 1.31. The molecule has 0 saturated carbocycles. The molecule has 1 aromatic heterocycles. The van der Waals surface area contributed by atoms with E-state index < -0.39 is 0 Å². The number of carbonyl (C=O) groups excluding carboxylic acids is 1. The molecule has 1 unspecified atom stereocenters. The van der Waals surface area contributed by atoms with Crippen LogP contribution >= 0.6 is 0 Å². The van der Waals surface area contributed by atoms with E-state index in [-0.39, 0.29) is 11.4 Å². The molecular weight excluding hydrogens is 338 g/mol. The molecule has 27 heavy (non-hydrogen) atoms. The molecule has 2 saturated heterocycles. The minimum atomic E-state index is 0.185. The normalized spacial score (nSPS) is 22.9. The molecule has 1 aromatic rings. The van der Waals surface area contributed by atoms with E-state index in [1.165, 1.54) is 5.56 Å². The number of pyridine rings is 1. The van der Waals surface area contributed by atoms with Crippen LogP contribution in [-0.4, -0.2) is 89.5 Å². The quantitative estimate of drug-likeness (QED) is 0.809. The van der Waals surface area contributed by atoms with Crippen molar-refractivity contribution in [3.8, 4) is 0 Å². The molecule has 0 N–H and O–H groups in total. The minimum absolute atomic E-state index is 0.185. The molecule has 150 valence electrons. The highest BCUT2D eigenvalue weighted by Crippen LogP contribution is 2.19. The summed E-state index contributed by atoms with van der Waals surface area (Å²) < 4.78 is 0. The Morgan fingerprint density at radius 2 is 1.81 bits per heavy atom. The lowest BCUT2D eigenvalue weighted by Gasteiger charge is -2.44. The van der Waals surface area contributed by atoms with Gasteiger partial charge in [0.05, 0.1) is 6.54 Å². The average molecular weight is 374 g/mol. The first-order valence-electron chi connectivity index (χ1n) is 10.2. The molecular formula is C21H35N5O. The van der Waals surface area contributed by atoms with Gasteiger partial charge in [-0.25, -0.2) is 4.98 Å². The molecule has 2 aliphatic rings. The smallest absolute Gasteiger partial charge is 0.236 e. The molecule has 1 amide bonds. The SMILES string of the molecule is Cc1ccc(N2CCN(CC(=O)N3CCN(C(C)(C)C)CC3)C(C)C2)nc1. The van der Waals surface area contributed by atoms with Crippen molar-refractivity contribution in [2.45, 2.75) is 46.2 Å². The Morgan fingerprint density at radius 1 is 1.11 bits per heavy atom. The predicted octanol–water partition coefficient (Wildman–Crippen LogP) is 1.84. The van der Waals surface area contributed by atoms with Crippen LogP contribution in [0.4, 0.5) is 5.82 Å². The molecule has 6 heteroatoms. The zero-order chi connectivity index (χ0) is 19.6. The third-order valence-corrected chi connectivity index (χ3v) is 5.90. The van der Waals surface area contributed by atoms with Crippen LogP contribution in [0.5, 0.6) is 0 Å². The summed E-state index contributed by atoms with van der Waals surface area (Å²) in [5, 5.41) is 0. The maximum Gasteiger partial charge on any atom is 0.236 e. The van der Waals surface area contributed by atoms with Gasteiger partial charge in [-0.05, 0) is 46.2 Å². The zero-order valence-electron chi connectivity index (χ0n) is 17.6. The van der Waals surface area contributed by atoms with Crippen LogP contribution in [0.1, 0.15) is 33.3 Å². The highest BCUT2D eigenvalue weighted by molar-refractivity contribution is 5.78. The van der Waals surface area contributed by atoms with E-state index >= 15 is 0 Å². The molecule has 2 fully saturated rings. The van der Waals surface area contributed by atoms with E-state index in [2.05, 4.69) is 66.4 Å². The number of piperazine rings is 2. The van der Waals surface area contributed by atoms with E-state index in [1.807, 2.05) is 11.1 Å². The lowest BCUT2D eigenvalue weighted by Crippen LogP contribution is -2.58. The van der Waals surface area contributed by atoms with E-state index in [1.54, 1.807) is 0 Å². The summed E-state index contributed by atoms with van der Waals surface area (Å²) in [4.78, 5) is 26.5. The Bertz CT molecular complexity index is 631. The summed E-state index contributed by atoms with van der Waals surface area (Å²) in [6.45, 7) is 17.9. The van der Waals surface area contributed by atoms with Gasteiger partial charge in [-0.2, -0.15) is 0 Å². The van der Waals surface area contributed by atoms with Crippen molar-refractivity contribution in [2.24, 2.45) is 0 Å². The molecule has 0 aromatic carbocycles. The summed E-state index contributed by atoms with van der Waals surface area (Å²) in [6.07, 6.45) is 1.92. The van der Waals surface area contributed by atoms with E-state index in [9.17, 15) is 4.79 Å². The summed E-state index contributed by atoms with van der Waals surface area (Å²) >= 11 is 0. The third kappa shape index (κ3) is 4.99. The molecule has 0 spiro atoms. The van der Waals surface area contributed by atoms with Crippen LogP contribution in [0.2, 0.25) is 0 Å². The summed E-state index contributed by atoms with van der Waals surface area (Å²) in [6, 6.07) is 4.55. The second kappa shape index (κ2) is 8.15. The van der Waals surface area contributed by atoms with Gasteiger partial charge in [0.15, 0.2) is 0 Å². The van der Waals surface area contributed by atoms with Crippen LogP contribution in [0.25, 0.3) is 0 Å². The number of aryl methyl sites for hydroxylation is 1. The fraction of sp³-hybridized carbons (Fsp3) is 0.714. The van der Waals surface area contributed by atoms with Crippen molar-refractivity contribution in [3.63, 3.8) is 0 Å². The first kappa shape index (κ1) is 20.1. The molecule has 0 aliphatic carbocycles. The van der Waals surface area contributed by atoms with Gasteiger partial charge in [0, 0.05) is 63.6 Å². The van der Waals surface area contributed by atoms with Gasteiger partial charge in [-0.3, -0.25) is 14.6 Å². The topological polar surface area (TPSA) is 42.9 Å². The fourth-order valence-corrected chi connectivity index (χ4v) is 3.99. The van der Waals surface area contributed by atoms with Gasteiger partial charge in [-0.15, -0.1) is 0 Å². The summed E-state index contributed by atoms with van der Waals surface area (Å²) in [7, 11) is 0. The maximum absolute atomic E-state index is 12.8. The number of carbonyl (C=O) groups is 1. The lowest BCUT2D eigenvalue weighted by atomic mass is 10.0. The Morgan fingerprint density at radius 3 is 2.37 bits per heavy atom. The molecule has 1 atom stereocenters. The van der Waals surface area contributed by atoms with Gasteiger partial charge in [-0.1, -0.05) is 6.07 Å². The zero-order valence-corrected chi connectivity index (χ0v) is 17.6. The van der Waals surface area contributed by atoms with Gasteiger partial charge in [0.1, 0.15) is 5.82 Å². The number of anilines is 1. The van der Waals surface area contributed by atoms with Gasteiger partial charge in [0.25, 0.3) is 0 Å². The Labute approximate surface area is 164 Å². The van der Waals surface area contributed by atoms with Gasteiger partial charge < -0.3 is 9.80 Å². The average Bonchev–Trinajstić information content (AvgIpc) is 2.63. The summed E-state index contributed by atoms with van der Waals surface area (Å²) in [5.41, 5.74) is 1.37. The van der Waals surface area contributed by atoms with Crippen LogP contribution in [0.3, 0.4) is 0 Å². The van der Waals surface area contributed by atoms with E-state index in [4.69, 9.17) is 0 Å². The standard InChI is InChI=1S/C21H35N5O/c1-17-6-7-19(22-14-17)25-9-8-24(18(2)15-25)16-20(27)23-10-12-26(13-11-23)21(3,4)5/h6-7,14,18H,8-13,15-16H2,1-5H3. The minimum Gasteiger partial charge on any atom is -0.354 e. The van der Waals surface area contributed by atoms with Crippen LogP contribution in [-0.2, 0) is 4.79 Å². The number of hydrogen-bond acceptors (Lipinski definition) is 5. The lowest BCUT2D eigenvalue weighted by molar-refractivity contribution is -0.135. The molecule has 3 rings (SSSR count).